The second kappa shape index (κ2) is 10.6. The zero-order valence-corrected chi connectivity index (χ0v) is 12.6. The van der Waals surface area contributed by atoms with Crippen LogP contribution in [-0.4, -0.2) is 19.0 Å². The Hall–Kier alpha value is -1.35. The van der Waals surface area contributed by atoms with Gasteiger partial charge in [-0.1, -0.05) is 56.7 Å². The van der Waals surface area contributed by atoms with Crippen LogP contribution < -0.4 is 11.1 Å². The van der Waals surface area contributed by atoms with E-state index in [1.165, 1.54) is 5.56 Å². The van der Waals surface area contributed by atoms with Crippen LogP contribution in [0, 0.1) is 18.8 Å². The van der Waals surface area contributed by atoms with Crippen LogP contribution >= 0.6 is 0 Å². The van der Waals surface area contributed by atoms with Crippen molar-refractivity contribution in [1.29, 1.82) is 0 Å². The Kier molecular flexibility index (Phi) is 9.81. The molecule has 1 rings (SSSR count). The lowest BCUT2D eigenvalue weighted by Gasteiger charge is -2.10. The van der Waals surface area contributed by atoms with Gasteiger partial charge in [-0.05, 0) is 19.3 Å². The molecule has 3 N–H and O–H groups in total. The molecule has 108 valence electrons. The SMILES string of the molecule is CC(C)CCNC(=O)C(C)CN.Cc1ccccc1. The summed E-state index contributed by atoms with van der Waals surface area (Å²) in [7, 11) is 0. The van der Waals surface area contributed by atoms with Gasteiger partial charge in [0.2, 0.25) is 5.91 Å². The second-order valence-electron chi connectivity index (χ2n) is 5.26. The largest absolute Gasteiger partial charge is 0.356 e. The third kappa shape index (κ3) is 10.3. The van der Waals surface area contributed by atoms with E-state index in [0.29, 0.717) is 12.5 Å². The summed E-state index contributed by atoms with van der Waals surface area (Å²) in [5.74, 6) is 0.647. The van der Waals surface area contributed by atoms with Gasteiger partial charge in [-0.3, -0.25) is 4.79 Å². The molecule has 0 fully saturated rings. The Balaban J connectivity index is 0.000000388. The maximum atomic E-state index is 11.2. The number of nitrogens with one attached hydrogen (secondary N) is 1. The van der Waals surface area contributed by atoms with Crippen LogP contribution in [0.25, 0.3) is 0 Å². The van der Waals surface area contributed by atoms with Gasteiger partial charge in [0.15, 0.2) is 0 Å². The van der Waals surface area contributed by atoms with Gasteiger partial charge < -0.3 is 11.1 Å². The van der Waals surface area contributed by atoms with Crippen molar-refractivity contribution in [3.63, 3.8) is 0 Å². The molecule has 0 aromatic heterocycles. The molecule has 0 aliphatic rings. The third-order valence-corrected chi connectivity index (χ3v) is 2.76. The molecule has 1 aromatic carbocycles. The van der Waals surface area contributed by atoms with Gasteiger partial charge in [-0.25, -0.2) is 0 Å². The van der Waals surface area contributed by atoms with Crippen molar-refractivity contribution in [1.82, 2.24) is 5.32 Å². The van der Waals surface area contributed by atoms with E-state index < -0.39 is 0 Å². The smallest absolute Gasteiger partial charge is 0.224 e. The van der Waals surface area contributed by atoms with Crippen molar-refractivity contribution >= 4 is 5.91 Å². The fourth-order valence-corrected chi connectivity index (χ4v) is 1.30. The Morgan fingerprint density at radius 1 is 1.21 bits per heavy atom. The van der Waals surface area contributed by atoms with Crippen LogP contribution in [0.4, 0.5) is 0 Å². The van der Waals surface area contributed by atoms with Gasteiger partial charge in [0.1, 0.15) is 0 Å². The summed E-state index contributed by atoms with van der Waals surface area (Å²) in [6.45, 7) is 9.39. The quantitative estimate of drug-likeness (QED) is 0.859. The molecule has 0 heterocycles. The maximum Gasteiger partial charge on any atom is 0.224 e. The number of nitrogens with two attached hydrogens (primary N) is 1. The second-order valence-corrected chi connectivity index (χ2v) is 5.26. The summed E-state index contributed by atoms with van der Waals surface area (Å²) >= 11 is 0. The molecule has 3 heteroatoms. The number of aryl methyl sites for hydroxylation is 1. The van der Waals surface area contributed by atoms with E-state index in [1.54, 1.807) is 0 Å². The van der Waals surface area contributed by atoms with Gasteiger partial charge in [-0.15, -0.1) is 0 Å². The van der Waals surface area contributed by atoms with Crippen molar-refractivity contribution in [3.05, 3.63) is 35.9 Å². The first-order valence-electron chi connectivity index (χ1n) is 6.96. The Morgan fingerprint density at radius 3 is 2.16 bits per heavy atom. The van der Waals surface area contributed by atoms with Crippen LogP contribution in [0.2, 0.25) is 0 Å². The van der Waals surface area contributed by atoms with Crippen LogP contribution in [-0.2, 0) is 4.79 Å². The van der Waals surface area contributed by atoms with Crippen LogP contribution in [0.1, 0.15) is 32.8 Å². The molecule has 3 nitrogen and oxygen atoms in total. The summed E-state index contributed by atoms with van der Waals surface area (Å²) in [4.78, 5) is 11.2. The highest BCUT2D eigenvalue weighted by molar-refractivity contribution is 5.78. The highest BCUT2D eigenvalue weighted by Crippen LogP contribution is 1.97. The Bertz CT molecular complexity index is 336. The van der Waals surface area contributed by atoms with E-state index >= 15 is 0 Å². The molecular weight excluding hydrogens is 236 g/mol. The lowest BCUT2D eigenvalue weighted by atomic mass is 10.1. The van der Waals surface area contributed by atoms with Crippen molar-refractivity contribution in [2.75, 3.05) is 13.1 Å². The molecule has 1 amide bonds. The highest BCUT2D eigenvalue weighted by atomic mass is 16.1. The van der Waals surface area contributed by atoms with E-state index in [-0.39, 0.29) is 11.8 Å². The number of benzene rings is 1. The van der Waals surface area contributed by atoms with Crippen molar-refractivity contribution in [3.8, 4) is 0 Å². The molecule has 0 saturated heterocycles. The lowest BCUT2D eigenvalue weighted by molar-refractivity contribution is -0.124. The Labute approximate surface area is 117 Å². The predicted molar refractivity (Wildman–Crippen MR) is 81.9 cm³/mol. The minimum absolute atomic E-state index is 0.0582. The number of hydrogen-bond donors (Lipinski definition) is 2. The zero-order chi connectivity index (χ0) is 14.7. The fraction of sp³-hybridized carbons (Fsp3) is 0.562. The lowest BCUT2D eigenvalue weighted by Crippen LogP contribution is -2.34. The molecular formula is C16H28N2O. The standard InChI is InChI=1S/C9H20N2O.C7H8/c1-7(2)4-5-11-9(12)8(3)6-10;1-7-5-3-2-4-6-7/h7-8H,4-6,10H2,1-3H3,(H,11,12);2-6H,1H3. The average molecular weight is 264 g/mol. The number of rotatable bonds is 5. The fourth-order valence-electron chi connectivity index (χ4n) is 1.30. The van der Waals surface area contributed by atoms with Crippen LogP contribution in [0.3, 0.4) is 0 Å². The summed E-state index contributed by atoms with van der Waals surface area (Å²) in [6.07, 6.45) is 1.03. The molecule has 19 heavy (non-hydrogen) atoms. The predicted octanol–water partition coefficient (Wildman–Crippen LogP) is 2.74. The minimum Gasteiger partial charge on any atom is -0.356 e. The third-order valence-electron chi connectivity index (χ3n) is 2.76. The van der Waals surface area contributed by atoms with Gasteiger partial charge in [0.25, 0.3) is 0 Å². The molecule has 0 bridgehead atoms. The van der Waals surface area contributed by atoms with Crippen molar-refractivity contribution < 1.29 is 4.79 Å². The molecule has 1 aromatic rings. The minimum atomic E-state index is -0.0582. The van der Waals surface area contributed by atoms with Gasteiger partial charge in [0, 0.05) is 19.0 Å². The Morgan fingerprint density at radius 2 is 1.79 bits per heavy atom. The summed E-state index contributed by atoms with van der Waals surface area (Å²) < 4.78 is 0. The average Bonchev–Trinajstić information content (AvgIpc) is 2.39. The first-order valence-corrected chi connectivity index (χ1v) is 6.96. The van der Waals surface area contributed by atoms with E-state index in [4.69, 9.17) is 5.73 Å². The normalized spacial score (nSPS) is 11.5. The molecule has 0 saturated carbocycles. The van der Waals surface area contributed by atoms with Crippen molar-refractivity contribution in [2.45, 2.75) is 34.1 Å². The number of carbonyl (C=O) groups excluding carboxylic acids is 1. The molecule has 1 unspecified atom stereocenters. The molecule has 0 aliphatic carbocycles. The van der Waals surface area contributed by atoms with Gasteiger partial charge in [0.05, 0.1) is 0 Å². The molecule has 0 spiro atoms. The summed E-state index contributed by atoms with van der Waals surface area (Å²) in [5, 5.41) is 2.85. The van der Waals surface area contributed by atoms with E-state index in [2.05, 4.69) is 38.2 Å². The van der Waals surface area contributed by atoms with Gasteiger partial charge in [-0.2, -0.15) is 0 Å². The first-order chi connectivity index (χ1) is 8.97. The maximum absolute atomic E-state index is 11.2. The summed E-state index contributed by atoms with van der Waals surface area (Å²) in [6, 6.07) is 10.3. The van der Waals surface area contributed by atoms with E-state index in [9.17, 15) is 4.79 Å². The van der Waals surface area contributed by atoms with Crippen LogP contribution in [0.5, 0.6) is 0 Å². The monoisotopic (exact) mass is 264 g/mol. The molecule has 0 aliphatic heterocycles. The van der Waals surface area contributed by atoms with E-state index in [0.717, 1.165) is 13.0 Å². The van der Waals surface area contributed by atoms with Crippen molar-refractivity contribution in [2.24, 2.45) is 17.6 Å². The van der Waals surface area contributed by atoms with Gasteiger partial charge >= 0.3 is 0 Å². The first kappa shape index (κ1) is 17.6. The molecule has 0 radical (unpaired) electrons. The number of amides is 1. The van der Waals surface area contributed by atoms with E-state index in [1.807, 2.05) is 25.1 Å². The number of carbonyl (C=O) groups is 1. The van der Waals surface area contributed by atoms with Crippen LogP contribution in [0.15, 0.2) is 30.3 Å². The highest BCUT2D eigenvalue weighted by Gasteiger charge is 2.09. The summed E-state index contributed by atoms with van der Waals surface area (Å²) in [5.41, 5.74) is 6.67. The zero-order valence-electron chi connectivity index (χ0n) is 12.6. The topological polar surface area (TPSA) is 55.1 Å². The molecule has 1 atom stereocenters. The number of hydrogen-bond acceptors (Lipinski definition) is 2.